The standard InChI is InChI=1S/C16H11BrClNO/c17-14-7-3-6-12(15(14)18)16(20)13-9-19-8-10-4-1-2-5-11(10)13/h1-9,16,20H. The van der Waals surface area contributed by atoms with Crippen molar-refractivity contribution in [2.75, 3.05) is 0 Å². The molecule has 0 saturated carbocycles. The fraction of sp³-hybridized carbons (Fsp3) is 0.0625. The summed E-state index contributed by atoms with van der Waals surface area (Å²) >= 11 is 9.64. The van der Waals surface area contributed by atoms with Gasteiger partial charge in [0, 0.05) is 33.4 Å². The molecular formula is C16H11BrClNO. The van der Waals surface area contributed by atoms with Crippen LogP contribution in [0.2, 0.25) is 5.02 Å². The van der Waals surface area contributed by atoms with E-state index in [1.54, 1.807) is 12.4 Å². The number of nitrogens with zero attached hydrogens (tertiary/aromatic N) is 1. The van der Waals surface area contributed by atoms with Gasteiger partial charge in [-0.25, -0.2) is 0 Å². The maximum Gasteiger partial charge on any atom is 0.108 e. The molecule has 0 bridgehead atoms. The molecule has 0 radical (unpaired) electrons. The van der Waals surface area contributed by atoms with Crippen molar-refractivity contribution >= 4 is 38.3 Å². The Labute approximate surface area is 130 Å². The Morgan fingerprint density at radius 1 is 1.00 bits per heavy atom. The Bertz CT molecular complexity index is 770. The number of benzene rings is 2. The first-order chi connectivity index (χ1) is 9.68. The van der Waals surface area contributed by atoms with Gasteiger partial charge in [0.2, 0.25) is 0 Å². The molecule has 1 atom stereocenters. The normalized spacial score (nSPS) is 12.6. The van der Waals surface area contributed by atoms with Crippen LogP contribution in [0.5, 0.6) is 0 Å². The van der Waals surface area contributed by atoms with Gasteiger partial charge in [0.15, 0.2) is 0 Å². The van der Waals surface area contributed by atoms with Crippen LogP contribution in [0.25, 0.3) is 10.8 Å². The lowest BCUT2D eigenvalue weighted by molar-refractivity contribution is 0.221. The van der Waals surface area contributed by atoms with Gasteiger partial charge in [-0.3, -0.25) is 4.98 Å². The average molecular weight is 349 g/mol. The monoisotopic (exact) mass is 347 g/mol. The minimum absolute atomic E-state index is 0.521. The van der Waals surface area contributed by atoms with E-state index in [2.05, 4.69) is 20.9 Å². The van der Waals surface area contributed by atoms with Gasteiger partial charge in [-0.1, -0.05) is 48.0 Å². The first kappa shape index (κ1) is 13.6. The highest BCUT2D eigenvalue weighted by Gasteiger charge is 2.17. The molecule has 2 nitrogen and oxygen atoms in total. The highest BCUT2D eigenvalue weighted by Crippen LogP contribution is 2.35. The second-order valence-electron chi connectivity index (χ2n) is 4.50. The second-order valence-corrected chi connectivity index (χ2v) is 5.73. The smallest absolute Gasteiger partial charge is 0.108 e. The Morgan fingerprint density at radius 3 is 2.65 bits per heavy atom. The van der Waals surface area contributed by atoms with E-state index >= 15 is 0 Å². The van der Waals surface area contributed by atoms with E-state index in [-0.39, 0.29) is 0 Å². The van der Waals surface area contributed by atoms with Crippen LogP contribution >= 0.6 is 27.5 Å². The van der Waals surface area contributed by atoms with E-state index < -0.39 is 6.10 Å². The topological polar surface area (TPSA) is 33.1 Å². The van der Waals surface area contributed by atoms with Crippen LogP contribution in [0.4, 0.5) is 0 Å². The van der Waals surface area contributed by atoms with Crippen LogP contribution < -0.4 is 0 Å². The fourth-order valence-corrected chi connectivity index (χ4v) is 2.87. The number of hydrogen-bond acceptors (Lipinski definition) is 2. The van der Waals surface area contributed by atoms with Crippen molar-refractivity contribution in [3.8, 4) is 0 Å². The van der Waals surface area contributed by atoms with Crippen LogP contribution in [0.1, 0.15) is 17.2 Å². The number of halogens is 2. The summed E-state index contributed by atoms with van der Waals surface area (Å²) in [6.07, 6.45) is 2.66. The first-order valence-electron chi connectivity index (χ1n) is 6.13. The molecule has 0 aliphatic heterocycles. The summed E-state index contributed by atoms with van der Waals surface area (Å²) in [4.78, 5) is 4.20. The minimum atomic E-state index is -0.807. The zero-order valence-corrected chi connectivity index (χ0v) is 12.8. The first-order valence-corrected chi connectivity index (χ1v) is 7.30. The molecule has 20 heavy (non-hydrogen) atoms. The zero-order chi connectivity index (χ0) is 14.1. The fourth-order valence-electron chi connectivity index (χ4n) is 2.26. The molecule has 0 amide bonds. The molecule has 2 aromatic carbocycles. The zero-order valence-electron chi connectivity index (χ0n) is 10.4. The molecule has 1 aromatic heterocycles. The third-order valence-corrected chi connectivity index (χ3v) is 4.58. The van der Waals surface area contributed by atoms with Crippen molar-refractivity contribution in [2.24, 2.45) is 0 Å². The molecule has 4 heteroatoms. The maximum atomic E-state index is 10.6. The second kappa shape index (κ2) is 5.52. The predicted molar refractivity (Wildman–Crippen MR) is 85.0 cm³/mol. The van der Waals surface area contributed by atoms with Gasteiger partial charge in [-0.05, 0) is 27.4 Å². The van der Waals surface area contributed by atoms with E-state index in [1.165, 1.54) is 0 Å². The third kappa shape index (κ3) is 2.33. The Morgan fingerprint density at radius 2 is 1.80 bits per heavy atom. The van der Waals surface area contributed by atoms with Gasteiger partial charge in [0.25, 0.3) is 0 Å². The van der Waals surface area contributed by atoms with E-state index in [9.17, 15) is 5.11 Å². The van der Waals surface area contributed by atoms with Gasteiger partial charge in [0.05, 0.1) is 5.02 Å². The number of aliphatic hydroxyl groups is 1. The highest BCUT2D eigenvalue weighted by atomic mass is 79.9. The molecule has 1 heterocycles. The van der Waals surface area contributed by atoms with Crippen molar-refractivity contribution in [3.63, 3.8) is 0 Å². The number of hydrogen-bond donors (Lipinski definition) is 1. The molecule has 3 rings (SSSR count). The van der Waals surface area contributed by atoms with Crippen molar-refractivity contribution in [1.29, 1.82) is 0 Å². The van der Waals surface area contributed by atoms with Gasteiger partial charge in [-0.2, -0.15) is 0 Å². The van der Waals surface area contributed by atoms with Gasteiger partial charge in [0.1, 0.15) is 6.10 Å². The molecule has 3 aromatic rings. The largest absolute Gasteiger partial charge is 0.384 e. The Kier molecular flexibility index (Phi) is 3.74. The average Bonchev–Trinajstić information content (AvgIpc) is 2.49. The van der Waals surface area contributed by atoms with Crippen LogP contribution in [-0.2, 0) is 0 Å². The van der Waals surface area contributed by atoms with Crippen molar-refractivity contribution in [2.45, 2.75) is 6.10 Å². The summed E-state index contributed by atoms with van der Waals surface area (Å²) in [6, 6.07) is 13.4. The van der Waals surface area contributed by atoms with Crippen molar-refractivity contribution in [3.05, 3.63) is 75.5 Å². The predicted octanol–water partition coefficient (Wildman–Crippen LogP) is 4.73. The molecule has 1 N–H and O–H groups in total. The number of fused-ring (bicyclic) bond motifs is 1. The molecule has 1 unspecified atom stereocenters. The summed E-state index contributed by atoms with van der Waals surface area (Å²) < 4.78 is 0.768. The molecule has 0 saturated heterocycles. The van der Waals surface area contributed by atoms with Gasteiger partial charge < -0.3 is 5.11 Å². The Balaban J connectivity index is 2.18. The lowest BCUT2D eigenvalue weighted by atomic mass is 9.98. The SMILES string of the molecule is OC(c1cccc(Br)c1Cl)c1cncc2ccccc12. The number of pyridine rings is 1. The number of rotatable bonds is 2. The van der Waals surface area contributed by atoms with E-state index in [4.69, 9.17) is 11.6 Å². The summed E-state index contributed by atoms with van der Waals surface area (Å²) in [6.45, 7) is 0. The van der Waals surface area contributed by atoms with Crippen LogP contribution in [-0.4, -0.2) is 10.1 Å². The molecule has 0 fully saturated rings. The minimum Gasteiger partial charge on any atom is -0.384 e. The van der Waals surface area contributed by atoms with Crippen LogP contribution in [0.3, 0.4) is 0 Å². The molecule has 0 aliphatic rings. The molecular weight excluding hydrogens is 338 g/mol. The third-order valence-electron chi connectivity index (χ3n) is 3.27. The summed E-state index contributed by atoms with van der Waals surface area (Å²) in [7, 11) is 0. The van der Waals surface area contributed by atoms with E-state index in [1.807, 2.05) is 42.5 Å². The molecule has 0 spiro atoms. The van der Waals surface area contributed by atoms with Gasteiger partial charge >= 0.3 is 0 Å². The lowest BCUT2D eigenvalue weighted by Crippen LogP contribution is -2.02. The van der Waals surface area contributed by atoms with Gasteiger partial charge in [-0.15, -0.1) is 0 Å². The summed E-state index contributed by atoms with van der Waals surface area (Å²) in [5.41, 5.74) is 1.42. The van der Waals surface area contributed by atoms with E-state index in [0.717, 1.165) is 20.8 Å². The highest BCUT2D eigenvalue weighted by molar-refractivity contribution is 9.10. The number of aromatic nitrogens is 1. The van der Waals surface area contributed by atoms with Crippen LogP contribution in [0.15, 0.2) is 59.3 Å². The van der Waals surface area contributed by atoms with E-state index in [0.29, 0.717) is 10.6 Å². The van der Waals surface area contributed by atoms with Crippen LogP contribution in [0, 0.1) is 0 Å². The maximum absolute atomic E-state index is 10.6. The van der Waals surface area contributed by atoms with Crippen molar-refractivity contribution in [1.82, 2.24) is 4.98 Å². The Hall–Kier alpha value is -1.42. The summed E-state index contributed by atoms with van der Waals surface area (Å²) in [5.74, 6) is 0. The molecule has 100 valence electrons. The lowest BCUT2D eigenvalue weighted by Gasteiger charge is -2.15. The van der Waals surface area contributed by atoms with Crippen molar-refractivity contribution < 1.29 is 5.11 Å². The molecule has 0 aliphatic carbocycles. The number of aliphatic hydroxyl groups excluding tert-OH is 1. The quantitative estimate of drug-likeness (QED) is 0.726. The summed E-state index contributed by atoms with van der Waals surface area (Å²) in [5, 5.41) is 13.1.